The highest BCUT2D eigenvalue weighted by atomic mass is 16.6. The molecule has 3 heteroatoms. The Labute approximate surface area is 105 Å². The minimum atomic E-state index is -0.403. The van der Waals surface area contributed by atoms with Crippen molar-refractivity contribution in [3.63, 3.8) is 0 Å². The third kappa shape index (κ3) is 1.84. The van der Waals surface area contributed by atoms with E-state index in [9.17, 15) is 4.79 Å². The van der Waals surface area contributed by atoms with Gasteiger partial charge in [-0.25, -0.2) is 4.79 Å². The zero-order valence-electron chi connectivity index (χ0n) is 10.0. The van der Waals surface area contributed by atoms with Crippen molar-refractivity contribution in [3.05, 3.63) is 65.2 Å². The molecule has 90 valence electrons. The number of rotatable bonds is 1. The number of ether oxygens (including phenoxy) is 1. The van der Waals surface area contributed by atoms with Crippen LogP contribution >= 0.6 is 0 Å². The fourth-order valence-corrected chi connectivity index (χ4v) is 2.14. The molecule has 0 saturated heterocycles. The topological polar surface area (TPSA) is 38.3 Å². The highest BCUT2D eigenvalue weighted by Crippen LogP contribution is 2.35. The molecule has 0 saturated carbocycles. The second-order valence-corrected chi connectivity index (χ2v) is 4.41. The number of amides is 1. The maximum Gasteiger partial charge on any atom is 0.412 e. The molecule has 1 unspecified atom stereocenters. The van der Waals surface area contributed by atoms with E-state index in [1.54, 1.807) is 0 Å². The third-order valence-electron chi connectivity index (χ3n) is 3.08. The van der Waals surface area contributed by atoms with Crippen LogP contribution in [0.15, 0.2) is 48.5 Å². The summed E-state index contributed by atoms with van der Waals surface area (Å²) in [6.45, 7) is 2.03. The number of benzene rings is 2. The van der Waals surface area contributed by atoms with Crippen LogP contribution in [-0.2, 0) is 4.74 Å². The van der Waals surface area contributed by atoms with Gasteiger partial charge in [-0.05, 0) is 18.6 Å². The lowest BCUT2D eigenvalue weighted by Crippen LogP contribution is -2.25. The van der Waals surface area contributed by atoms with Gasteiger partial charge in [-0.15, -0.1) is 0 Å². The number of carbonyl (C=O) groups is 1. The molecule has 0 radical (unpaired) electrons. The summed E-state index contributed by atoms with van der Waals surface area (Å²) >= 11 is 0. The molecule has 0 spiro atoms. The van der Waals surface area contributed by atoms with Crippen LogP contribution in [0.25, 0.3) is 0 Å². The molecule has 18 heavy (non-hydrogen) atoms. The molecule has 1 aliphatic rings. The molecule has 3 nitrogen and oxygen atoms in total. The summed E-state index contributed by atoms with van der Waals surface area (Å²) in [5.41, 5.74) is 3.98. The highest BCUT2D eigenvalue weighted by Gasteiger charge is 2.26. The molecule has 0 fully saturated rings. The molecule has 1 amide bonds. The molecular weight excluding hydrogens is 226 g/mol. The molecular formula is C15H13NO2. The maximum absolute atomic E-state index is 11.5. The van der Waals surface area contributed by atoms with Gasteiger partial charge >= 0.3 is 6.09 Å². The second-order valence-electron chi connectivity index (χ2n) is 4.41. The third-order valence-corrected chi connectivity index (χ3v) is 3.08. The van der Waals surface area contributed by atoms with Crippen molar-refractivity contribution in [2.75, 3.05) is 5.32 Å². The van der Waals surface area contributed by atoms with Crippen molar-refractivity contribution in [3.8, 4) is 0 Å². The number of carbonyl (C=O) groups excluding carboxylic acids is 1. The first-order valence-corrected chi connectivity index (χ1v) is 5.87. The van der Waals surface area contributed by atoms with Crippen molar-refractivity contribution >= 4 is 11.8 Å². The smallest absolute Gasteiger partial charge is 0.412 e. The summed E-state index contributed by atoms with van der Waals surface area (Å²) in [6.07, 6.45) is -0.727. The molecule has 2 aromatic rings. The molecule has 0 bridgehead atoms. The quantitative estimate of drug-likeness (QED) is 0.825. The second kappa shape index (κ2) is 4.18. The van der Waals surface area contributed by atoms with Gasteiger partial charge < -0.3 is 4.74 Å². The van der Waals surface area contributed by atoms with Gasteiger partial charge in [0.1, 0.15) is 0 Å². The summed E-state index contributed by atoms with van der Waals surface area (Å²) in [4.78, 5) is 11.5. The van der Waals surface area contributed by atoms with E-state index < -0.39 is 6.09 Å². The van der Waals surface area contributed by atoms with E-state index in [4.69, 9.17) is 4.74 Å². The number of aryl methyl sites for hydroxylation is 1. The van der Waals surface area contributed by atoms with Crippen molar-refractivity contribution < 1.29 is 9.53 Å². The average molecular weight is 239 g/mol. The summed E-state index contributed by atoms with van der Waals surface area (Å²) in [6, 6.07) is 15.7. The van der Waals surface area contributed by atoms with Crippen LogP contribution in [0.4, 0.5) is 10.5 Å². The lowest BCUT2D eigenvalue weighted by molar-refractivity contribution is 0.126. The van der Waals surface area contributed by atoms with Crippen molar-refractivity contribution in [1.29, 1.82) is 0 Å². The van der Waals surface area contributed by atoms with E-state index >= 15 is 0 Å². The van der Waals surface area contributed by atoms with Crippen LogP contribution in [0.1, 0.15) is 22.8 Å². The van der Waals surface area contributed by atoms with Crippen molar-refractivity contribution in [2.24, 2.45) is 0 Å². The zero-order chi connectivity index (χ0) is 12.5. The summed E-state index contributed by atoms with van der Waals surface area (Å²) in [5, 5.41) is 2.71. The molecule has 0 aromatic heterocycles. The van der Waals surface area contributed by atoms with Gasteiger partial charge in [-0.1, -0.05) is 48.0 Å². The van der Waals surface area contributed by atoms with Gasteiger partial charge in [-0.2, -0.15) is 0 Å². The first-order valence-electron chi connectivity index (χ1n) is 5.87. The zero-order valence-corrected chi connectivity index (χ0v) is 10.0. The first-order chi connectivity index (χ1) is 8.74. The average Bonchev–Trinajstić information content (AvgIpc) is 2.38. The Hall–Kier alpha value is -2.29. The number of anilines is 1. The van der Waals surface area contributed by atoms with E-state index in [2.05, 4.69) is 5.32 Å². The number of nitrogens with one attached hydrogen (secondary N) is 1. The van der Waals surface area contributed by atoms with Gasteiger partial charge in [0.2, 0.25) is 0 Å². The van der Waals surface area contributed by atoms with Crippen molar-refractivity contribution in [2.45, 2.75) is 13.0 Å². The predicted octanol–water partition coefficient (Wildman–Crippen LogP) is 3.65. The molecule has 3 rings (SSSR count). The Morgan fingerprint density at radius 1 is 1.06 bits per heavy atom. The van der Waals surface area contributed by atoms with Crippen LogP contribution in [-0.4, -0.2) is 6.09 Å². The summed E-state index contributed by atoms with van der Waals surface area (Å²) in [5.74, 6) is 0. The van der Waals surface area contributed by atoms with Gasteiger partial charge in [0.05, 0.1) is 5.69 Å². The standard InChI is InChI=1S/C15H13NO2/c1-10-6-8-11(9-7-10)14-12-4-2-3-5-13(12)16-15(17)18-14/h2-9,14H,1H3,(H,16,17). The number of para-hydroxylation sites is 1. The Balaban J connectivity index is 2.07. The summed E-state index contributed by atoms with van der Waals surface area (Å²) < 4.78 is 5.39. The predicted molar refractivity (Wildman–Crippen MR) is 69.6 cm³/mol. The van der Waals surface area contributed by atoms with Crippen LogP contribution < -0.4 is 5.32 Å². The normalized spacial score (nSPS) is 17.6. The molecule has 1 atom stereocenters. The highest BCUT2D eigenvalue weighted by molar-refractivity contribution is 5.88. The molecule has 1 aliphatic heterocycles. The first kappa shape index (κ1) is 10.8. The van der Waals surface area contributed by atoms with E-state index in [0.717, 1.165) is 16.8 Å². The molecule has 1 N–H and O–H groups in total. The monoisotopic (exact) mass is 239 g/mol. The van der Waals surface area contributed by atoms with E-state index in [1.807, 2.05) is 55.5 Å². The number of cyclic esters (lactones) is 1. The minimum Gasteiger partial charge on any atom is -0.436 e. The van der Waals surface area contributed by atoms with Gasteiger partial charge in [-0.3, -0.25) is 5.32 Å². The van der Waals surface area contributed by atoms with Gasteiger partial charge in [0.15, 0.2) is 6.10 Å². The number of hydrogen-bond donors (Lipinski definition) is 1. The Bertz CT molecular complexity index is 590. The fourth-order valence-electron chi connectivity index (χ4n) is 2.14. The molecule has 1 heterocycles. The Morgan fingerprint density at radius 3 is 2.56 bits per heavy atom. The Kier molecular flexibility index (Phi) is 2.52. The number of hydrogen-bond acceptors (Lipinski definition) is 2. The lowest BCUT2D eigenvalue weighted by atomic mass is 9.98. The summed E-state index contributed by atoms with van der Waals surface area (Å²) in [7, 11) is 0. The maximum atomic E-state index is 11.5. The van der Waals surface area contributed by atoms with E-state index in [-0.39, 0.29) is 6.10 Å². The van der Waals surface area contributed by atoms with E-state index in [0.29, 0.717) is 0 Å². The van der Waals surface area contributed by atoms with Crippen molar-refractivity contribution in [1.82, 2.24) is 0 Å². The number of fused-ring (bicyclic) bond motifs is 1. The molecule has 2 aromatic carbocycles. The minimum absolute atomic E-state index is 0.324. The van der Waals surface area contributed by atoms with E-state index in [1.165, 1.54) is 5.56 Å². The lowest BCUT2D eigenvalue weighted by Gasteiger charge is -2.26. The van der Waals surface area contributed by atoms with Crippen LogP contribution in [0, 0.1) is 6.92 Å². The Morgan fingerprint density at radius 2 is 1.78 bits per heavy atom. The van der Waals surface area contributed by atoms with Crippen LogP contribution in [0.5, 0.6) is 0 Å². The SMILES string of the molecule is Cc1ccc(C2OC(=O)Nc3ccccc32)cc1. The largest absolute Gasteiger partial charge is 0.436 e. The van der Waals surface area contributed by atoms with Gasteiger partial charge in [0.25, 0.3) is 0 Å². The fraction of sp³-hybridized carbons (Fsp3) is 0.133. The van der Waals surface area contributed by atoms with Gasteiger partial charge in [0, 0.05) is 5.56 Å². The van der Waals surface area contributed by atoms with Crippen LogP contribution in [0.3, 0.4) is 0 Å². The molecule has 0 aliphatic carbocycles. The van der Waals surface area contributed by atoms with Crippen LogP contribution in [0.2, 0.25) is 0 Å².